The van der Waals surface area contributed by atoms with Crippen LogP contribution in [0.5, 0.6) is 0 Å². The Labute approximate surface area is 102 Å². The Morgan fingerprint density at radius 2 is 2.33 bits per heavy atom. The van der Waals surface area contributed by atoms with Gasteiger partial charge in [0.2, 0.25) is 0 Å². The summed E-state index contributed by atoms with van der Waals surface area (Å²) >= 11 is 0. The quantitative estimate of drug-likeness (QED) is 0.471. The molecule has 0 amide bonds. The minimum absolute atomic E-state index is 0.107. The third-order valence-electron chi connectivity index (χ3n) is 2.97. The molecule has 3 aromatic heterocycles. The van der Waals surface area contributed by atoms with Gasteiger partial charge in [-0.05, 0) is 13.0 Å². The first kappa shape index (κ1) is 10.8. The zero-order valence-corrected chi connectivity index (χ0v) is 9.81. The summed E-state index contributed by atoms with van der Waals surface area (Å²) in [5, 5.41) is 3.07. The van der Waals surface area contributed by atoms with Crippen molar-refractivity contribution in [3.63, 3.8) is 0 Å². The summed E-state index contributed by atoms with van der Waals surface area (Å²) in [6.07, 6.45) is 8.17. The average Bonchev–Trinajstić information content (AvgIpc) is 3.01. The molecule has 0 saturated carbocycles. The lowest BCUT2D eigenvalue weighted by Gasteiger charge is -1.96. The molecule has 94 valence electrons. The summed E-state index contributed by atoms with van der Waals surface area (Å²) in [4.78, 5) is 17.7. The Morgan fingerprint density at radius 3 is 3.17 bits per heavy atom. The number of H-pyrrole nitrogens is 3. The van der Waals surface area contributed by atoms with E-state index in [1.165, 1.54) is 0 Å². The van der Waals surface area contributed by atoms with Crippen LogP contribution in [0.25, 0.3) is 16.9 Å². The molecule has 0 saturated heterocycles. The molecule has 0 aliphatic rings. The van der Waals surface area contributed by atoms with Gasteiger partial charge in [-0.25, -0.2) is 14.9 Å². The highest BCUT2D eigenvalue weighted by atomic mass is 16.1. The van der Waals surface area contributed by atoms with E-state index in [0.29, 0.717) is 13.1 Å². The van der Waals surface area contributed by atoms with Gasteiger partial charge in [-0.15, -0.1) is 4.52 Å². The topological polar surface area (TPSA) is 99.5 Å². The van der Waals surface area contributed by atoms with E-state index in [4.69, 9.17) is 5.73 Å². The molecular formula is C11H15N6O+. The zero-order valence-electron chi connectivity index (χ0n) is 9.81. The van der Waals surface area contributed by atoms with Crippen LogP contribution in [0.1, 0.15) is 6.42 Å². The standard InChI is InChI=1S/C11H14N6O/c12-2-1-4-16-7-9(15-11(16)18)8-6-14-17-5-3-13-10(8)17/h3,5-7H,1-2,4,12H2,(H2,13,14,15,18)/p+1. The molecule has 3 aromatic rings. The number of imidazole rings is 2. The lowest BCUT2D eigenvalue weighted by molar-refractivity contribution is -0.574. The van der Waals surface area contributed by atoms with E-state index in [-0.39, 0.29) is 5.69 Å². The number of aryl methyl sites for hydroxylation is 1. The molecule has 0 fully saturated rings. The van der Waals surface area contributed by atoms with Crippen LogP contribution in [0.2, 0.25) is 0 Å². The van der Waals surface area contributed by atoms with Crippen LogP contribution in [0.15, 0.2) is 29.6 Å². The summed E-state index contributed by atoms with van der Waals surface area (Å²) in [7, 11) is 0. The van der Waals surface area contributed by atoms with Crippen molar-refractivity contribution < 1.29 is 4.52 Å². The highest BCUT2D eigenvalue weighted by Gasteiger charge is 2.15. The van der Waals surface area contributed by atoms with Crippen LogP contribution >= 0.6 is 0 Å². The molecule has 18 heavy (non-hydrogen) atoms. The number of aromatic nitrogens is 5. The molecule has 0 unspecified atom stereocenters. The van der Waals surface area contributed by atoms with Gasteiger partial charge in [0.05, 0.1) is 11.9 Å². The largest absolute Gasteiger partial charge is 0.330 e. The minimum atomic E-state index is -0.107. The average molecular weight is 247 g/mol. The second kappa shape index (κ2) is 4.19. The summed E-state index contributed by atoms with van der Waals surface area (Å²) in [5.74, 6) is 0. The van der Waals surface area contributed by atoms with Crippen molar-refractivity contribution in [3.05, 3.63) is 35.3 Å². The SMILES string of the molecule is NCCCn1cc(-c2c[nH][n+]3cc[nH]c23)[nH]c1=O. The van der Waals surface area contributed by atoms with E-state index in [0.717, 1.165) is 23.3 Å². The number of hydrogen-bond acceptors (Lipinski definition) is 2. The minimum Gasteiger partial charge on any atom is -0.330 e. The van der Waals surface area contributed by atoms with Gasteiger partial charge in [-0.1, -0.05) is 0 Å². The van der Waals surface area contributed by atoms with Gasteiger partial charge in [-0.3, -0.25) is 4.57 Å². The van der Waals surface area contributed by atoms with Crippen LogP contribution in [-0.4, -0.2) is 26.2 Å². The fraction of sp³-hybridized carbons (Fsp3) is 0.273. The van der Waals surface area contributed by atoms with E-state index in [1.807, 2.05) is 29.3 Å². The van der Waals surface area contributed by atoms with Gasteiger partial charge in [0.25, 0.3) is 0 Å². The highest BCUT2D eigenvalue weighted by Crippen LogP contribution is 2.17. The maximum Gasteiger partial charge on any atom is 0.325 e. The molecule has 7 nitrogen and oxygen atoms in total. The first-order valence-corrected chi connectivity index (χ1v) is 5.85. The smallest absolute Gasteiger partial charge is 0.325 e. The Balaban J connectivity index is 2.02. The Kier molecular flexibility index (Phi) is 2.52. The second-order valence-corrected chi connectivity index (χ2v) is 4.17. The molecule has 0 atom stereocenters. The molecular weight excluding hydrogens is 232 g/mol. The van der Waals surface area contributed by atoms with Gasteiger partial charge in [0.15, 0.2) is 6.20 Å². The van der Waals surface area contributed by atoms with Gasteiger partial charge >= 0.3 is 11.3 Å². The number of nitrogens with one attached hydrogen (secondary N) is 3. The number of fused-ring (bicyclic) bond motifs is 1. The van der Waals surface area contributed by atoms with Crippen molar-refractivity contribution in [3.8, 4) is 11.3 Å². The Hall–Kier alpha value is -2.28. The molecule has 5 N–H and O–H groups in total. The first-order valence-electron chi connectivity index (χ1n) is 5.85. The van der Waals surface area contributed by atoms with Crippen molar-refractivity contribution in [2.45, 2.75) is 13.0 Å². The molecule has 0 aliphatic heterocycles. The van der Waals surface area contributed by atoms with Crippen molar-refractivity contribution in [2.75, 3.05) is 6.54 Å². The summed E-state index contributed by atoms with van der Waals surface area (Å²) in [6, 6.07) is 0. The van der Waals surface area contributed by atoms with Crippen molar-refractivity contribution >= 4 is 5.65 Å². The van der Waals surface area contributed by atoms with E-state index < -0.39 is 0 Å². The lowest BCUT2D eigenvalue weighted by Crippen LogP contribution is -2.18. The third kappa shape index (κ3) is 1.65. The molecule has 0 aromatic carbocycles. The van der Waals surface area contributed by atoms with Gasteiger partial charge in [-0.2, -0.15) is 0 Å². The van der Waals surface area contributed by atoms with E-state index in [1.54, 1.807) is 4.57 Å². The number of nitrogens with zero attached hydrogens (tertiary/aromatic N) is 2. The highest BCUT2D eigenvalue weighted by molar-refractivity contribution is 5.70. The van der Waals surface area contributed by atoms with Crippen molar-refractivity contribution in [1.82, 2.24) is 19.6 Å². The first-order chi connectivity index (χ1) is 8.79. The Bertz CT molecular complexity index is 715. The number of aromatic amines is 3. The molecule has 0 aliphatic carbocycles. The monoisotopic (exact) mass is 247 g/mol. The van der Waals surface area contributed by atoms with Crippen molar-refractivity contribution in [2.24, 2.45) is 5.73 Å². The third-order valence-corrected chi connectivity index (χ3v) is 2.97. The molecule has 3 heterocycles. The van der Waals surface area contributed by atoms with Crippen molar-refractivity contribution in [1.29, 1.82) is 0 Å². The van der Waals surface area contributed by atoms with Gasteiger partial charge in [0, 0.05) is 12.7 Å². The lowest BCUT2D eigenvalue weighted by atomic mass is 10.3. The van der Waals surface area contributed by atoms with E-state index in [9.17, 15) is 4.79 Å². The maximum absolute atomic E-state index is 11.8. The van der Waals surface area contributed by atoms with Gasteiger partial charge < -0.3 is 10.7 Å². The fourth-order valence-electron chi connectivity index (χ4n) is 2.06. The van der Waals surface area contributed by atoms with Crippen LogP contribution < -0.4 is 15.9 Å². The summed E-state index contributed by atoms with van der Waals surface area (Å²) in [6.45, 7) is 1.21. The molecule has 0 spiro atoms. The van der Waals surface area contributed by atoms with Crippen LogP contribution in [0.4, 0.5) is 0 Å². The van der Waals surface area contributed by atoms with Gasteiger partial charge in [0.1, 0.15) is 11.8 Å². The molecule has 7 heteroatoms. The predicted molar refractivity (Wildman–Crippen MR) is 66.0 cm³/mol. The van der Waals surface area contributed by atoms with Crippen LogP contribution in [0.3, 0.4) is 0 Å². The number of hydrogen-bond donors (Lipinski definition) is 4. The molecule has 0 radical (unpaired) electrons. The fourth-order valence-corrected chi connectivity index (χ4v) is 2.06. The normalized spacial score (nSPS) is 11.4. The molecule has 3 rings (SSSR count). The van der Waals surface area contributed by atoms with E-state index in [2.05, 4.69) is 15.1 Å². The summed E-state index contributed by atoms with van der Waals surface area (Å²) < 4.78 is 3.50. The molecule has 0 bridgehead atoms. The zero-order chi connectivity index (χ0) is 12.5. The number of rotatable bonds is 4. The summed E-state index contributed by atoms with van der Waals surface area (Å²) in [5.41, 5.74) is 7.98. The second-order valence-electron chi connectivity index (χ2n) is 4.17. The predicted octanol–water partition coefficient (Wildman–Crippen LogP) is -0.413. The maximum atomic E-state index is 11.8. The van der Waals surface area contributed by atoms with Crippen LogP contribution in [-0.2, 0) is 6.54 Å². The van der Waals surface area contributed by atoms with Crippen LogP contribution in [0, 0.1) is 0 Å². The Morgan fingerprint density at radius 1 is 1.44 bits per heavy atom. The number of nitrogens with two attached hydrogens (primary N) is 1. The van der Waals surface area contributed by atoms with E-state index >= 15 is 0 Å².